The molecule has 1 amide bonds. The van der Waals surface area contributed by atoms with Gasteiger partial charge < -0.3 is 9.64 Å². The molecular weight excluding hydrogens is 306 g/mol. The first-order valence-electron chi connectivity index (χ1n) is 9.22. The van der Waals surface area contributed by atoms with E-state index in [0.29, 0.717) is 17.9 Å². The topological polar surface area (TPSA) is 29.5 Å². The molecule has 1 saturated heterocycles. The summed E-state index contributed by atoms with van der Waals surface area (Å²) in [5.41, 5.74) is 0. The third-order valence-electron chi connectivity index (χ3n) is 5.32. The van der Waals surface area contributed by atoms with Crippen molar-refractivity contribution in [2.24, 2.45) is 5.92 Å². The average molecular weight is 336 g/mol. The Morgan fingerprint density at radius 1 is 1.17 bits per heavy atom. The van der Waals surface area contributed by atoms with Crippen LogP contribution in [0.3, 0.4) is 0 Å². The third-order valence-corrected chi connectivity index (χ3v) is 6.26. The van der Waals surface area contributed by atoms with Crippen molar-refractivity contribution in [3.05, 3.63) is 22.4 Å². The SMILES string of the molecule is O=C(CC1CCCCC1)N(CCc1cccs1)C1CCOCC1. The van der Waals surface area contributed by atoms with Crippen molar-refractivity contribution < 1.29 is 9.53 Å². The largest absolute Gasteiger partial charge is 0.381 e. The minimum Gasteiger partial charge on any atom is -0.381 e. The molecule has 0 bridgehead atoms. The van der Waals surface area contributed by atoms with Crippen LogP contribution in [-0.2, 0) is 16.0 Å². The molecule has 0 aromatic carbocycles. The number of carbonyl (C=O) groups is 1. The molecule has 1 aliphatic carbocycles. The molecule has 0 N–H and O–H groups in total. The molecule has 1 aromatic heterocycles. The third kappa shape index (κ3) is 5.05. The van der Waals surface area contributed by atoms with Gasteiger partial charge in [-0.25, -0.2) is 0 Å². The van der Waals surface area contributed by atoms with E-state index in [0.717, 1.165) is 45.4 Å². The van der Waals surface area contributed by atoms with Crippen LogP contribution in [0.15, 0.2) is 17.5 Å². The molecule has 0 spiro atoms. The quantitative estimate of drug-likeness (QED) is 0.777. The lowest BCUT2D eigenvalue weighted by Gasteiger charge is -2.35. The molecule has 0 unspecified atom stereocenters. The minimum absolute atomic E-state index is 0.389. The van der Waals surface area contributed by atoms with E-state index >= 15 is 0 Å². The average Bonchev–Trinajstić information content (AvgIpc) is 3.10. The maximum Gasteiger partial charge on any atom is 0.223 e. The molecule has 1 saturated carbocycles. The van der Waals surface area contributed by atoms with Gasteiger partial charge in [-0.05, 0) is 49.5 Å². The zero-order chi connectivity index (χ0) is 15.9. The summed E-state index contributed by atoms with van der Waals surface area (Å²) in [6.07, 6.45) is 10.2. The second-order valence-electron chi connectivity index (χ2n) is 6.97. The molecule has 3 rings (SSSR count). The normalized spacial score (nSPS) is 20.5. The van der Waals surface area contributed by atoms with Crippen LogP contribution >= 0.6 is 11.3 Å². The van der Waals surface area contributed by atoms with E-state index in [1.54, 1.807) is 11.3 Å². The number of hydrogen-bond donors (Lipinski definition) is 0. The van der Waals surface area contributed by atoms with Crippen LogP contribution in [0, 0.1) is 5.92 Å². The van der Waals surface area contributed by atoms with E-state index in [9.17, 15) is 4.79 Å². The van der Waals surface area contributed by atoms with Crippen molar-refractivity contribution in [2.45, 2.75) is 63.8 Å². The first-order chi connectivity index (χ1) is 11.3. The van der Waals surface area contributed by atoms with Crippen molar-refractivity contribution in [2.75, 3.05) is 19.8 Å². The Labute approximate surface area is 144 Å². The molecule has 128 valence electrons. The maximum atomic E-state index is 13.0. The van der Waals surface area contributed by atoms with Crippen LogP contribution in [-0.4, -0.2) is 36.6 Å². The highest BCUT2D eigenvalue weighted by molar-refractivity contribution is 7.09. The van der Waals surface area contributed by atoms with Gasteiger partial charge in [-0.15, -0.1) is 11.3 Å². The lowest BCUT2D eigenvalue weighted by atomic mass is 9.86. The number of hydrogen-bond acceptors (Lipinski definition) is 3. The highest BCUT2D eigenvalue weighted by Gasteiger charge is 2.27. The van der Waals surface area contributed by atoms with Gasteiger partial charge in [-0.1, -0.05) is 25.3 Å². The summed E-state index contributed by atoms with van der Waals surface area (Å²) in [5, 5.41) is 2.12. The fourth-order valence-electron chi connectivity index (χ4n) is 3.95. The Balaban J connectivity index is 1.59. The standard InChI is InChI=1S/C19H29NO2S/c21-19(15-16-5-2-1-3-6-16)20(17-9-12-22-13-10-17)11-8-18-7-4-14-23-18/h4,7,14,16-17H,1-3,5-6,8-13,15H2. The highest BCUT2D eigenvalue weighted by atomic mass is 32.1. The Morgan fingerprint density at radius 3 is 2.65 bits per heavy atom. The maximum absolute atomic E-state index is 13.0. The Hall–Kier alpha value is -0.870. The summed E-state index contributed by atoms with van der Waals surface area (Å²) in [7, 11) is 0. The van der Waals surface area contributed by atoms with Gasteiger partial charge in [0.1, 0.15) is 0 Å². The molecular formula is C19H29NO2S. The molecule has 0 atom stereocenters. The van der Waals surface area contributed by atoms with Crippen molar-refractivity contribution in [3.8, 4) is 0 Å². The van der Waals surface area contributed by atoms with Crippen LogP contribution in [0.2, 0.25) is 0 Å². The highest BCUT2D eigenvalue weighted by Crippen LogP contribution is 2.28. The van der Waals surface area contributed by atoms with Gasteiger partial charge in [0, 0.05) is 37.1 Å². The molecule has 3 nitrogen and oxygen atoms in total. The molecule has 2 heterocycles. The van der Waals surface area contributed by atoms with E-state index in [-0.39, 0.29) is 0 Å². The molecule has 2 aliphatic rings. The zero-order valence-electron chi connectivity index (χ0n) is 14.0. The molecule has 2 fully saturated rings. The van der Waals surface area contributed by atoms with Gasteiger partial charge in [-0.3, -0.25) is 4.79 Å². The van der Waals surface area contributed by atoms with E-state index in [1.807, 2.05) is 0 Å². The van der Waals surface area contributed by atoms with Crippen molar-refractivity contribution in [3.63, 3.8) is 0 Å². The first kappa shape index (κ1) is 17.0. The van der Waals surface area contributed by atoms with Crippen molar-refractivity contribution >= 4 is 17.2 Å². The predicted octanol–water partition coefficient (Wildman–Crippen LogP) is 4.27. The number of nitrogens with zero attached hydrogens (tertiary/aromatic N) is 1. The monoisotopic (exact) mass is 335 g/mol. The van der Waals surface area contributed by atoms with Crippen LogP contribution in [0.1, 0.15) is 56.2 Å². The fraction of sp³-hybridized carbons (Fsp3) is 0.737. The second-order valence-corrected chi connectivity index (χ2v) is 8.00. The van der Waals surface area contributed by atoms with Crippen LogP contribution < -0.4 is 0 Å². The predicted molar refractivity (Wildman–Crippen MR) is 94.8 cm³/mol. The fourth-order valence-corrected chi connectivity index (χ4v) is 4.65. The number of ether oxygens (including phenoxy) is 1. The van der Waals surface area contributed by atoms with Crippen LogP contribution in [0.4, 0.5) is 0 Å². The Bertz CT molecular complexity index is 462. The molecule has 1 aliphatic heterocycles. The van der Waals surface area contributed by atoms with Gasteiger partial charge in [0.2, 0.25) is 5.91 Å². The molecule has 1 aromatic rings. The van der Waals surface area contributed by atoms with E-state index in [2.05, 4.69) is 22.4 Å². The number of amides is 1. The lowest BCUT2D eigenvalue weighted by Crippen LogP contribution is -2.45. The van der Waals surface area contributed by atoms with Gasteiger partial charge in [-0.2, -0.15) is 0 Å². The number of carbonyl (C=O) groups excluding carboxylic acids is 1. The summed E-state index contributed by atoms with van der Waals surface area (Å²) in [6.45, 7) is 2.48. The number of rotatable bonds is 6. The van der Waals surface area contributed by atoms with Gasteiger partial charge in [0.05, 0.1) is 0 Å². The van der Waals surface area contributed by atoms with E-state index in [4.69, 9.17) is 4.74 Å². The second kappa shape index (κ2) is 8.84. The summed E-state index contributed by atoms with van der Waals surface area (Å²) in [4.78, 5) is 16.5. The van der Waals surface area contributed by atoms with Crippen molar-refractivity contribution in [1.82, 2.24) is 4.90 Å². The molecule has 23 heavy (non-hydrogen) atoms. The summed E-state index contributed by atoms with van der Waals surface area (Å²) in [5.74, 6) is 1.01. The minimum atomic E-state index is 0.389. The summed E-state index contributed by atoms with van der Waals surface area (Å²) < 4.78 is 5.49. The lowest BCUT2D eigenvalue weighted by molar-refractivity contribution is -0.136. The first-order valence-corrected chi connectivity index (χ1v) is 10.1. The van der Waals surface area contributed by atoms with E-state index < -0.39 is 0 Å². The summed E-state index contributed by atoms with van der Waals surface area (Å²) in [6, 6.07) is 4.67. The Morgan fingerprint density at radius 2 is 1.96 bits per heavy atom. The molecule has 4 heteroatoms. The number of thiophene rings is 1. The van der Waals surface area contributed by atoms with Gasteiger partial charge >= 0.3 is 0 Å². The van der Waals surface area contributed by atoms with Crippen LogP contribution in [0.5, 0.6) is 0 Å². The molecule has 0 radical (unpaired) electrons. The van der Waals surface area contributed by atoms with Crippen molar-refractivity contribution in [1.29, 1.82) is 0 Å². The van der Waals surface area contributed by atoms with Gasteiger partial charge in [0.25, 0.3) is 0 Å². The van der Waals surface area contributed by atoms with E-state index in [1.165, 1.54) is 37.0 Å². The zero-order valence-corrected chi connectivity index (χ0v) is 14.9. The van der Waals surface area contributed by atoms with Gasteiger partial charge in [0.15, 0.2) is 0 Å². The summed E-state index contributed by atoms with van der Waals surface area (Å²) >= 11 is 1.80. The smallest absolute Gasteiger partial charge is 0.223 e. The van der Waals surface area contributed by atoms with Crippen LogP contribution in [0.25, 0.3) is 0 Å². The Kier molecular flexibility index (Phi) is 6.52.